The van der Waals surface area contributed by atoms with Gasteiger partial charge in [-0.3, -0.25) is 4.79 Å². The zero-order valence-corrected chi connectivity index (χ0v) is 21.5. The number of nitrogens with zero attached hydrogens (tertiary/aromatic N) is 1. The highest BCUT2D eigenvalue weighted by molar-refractivity contribution is 7.89. The number of benzene rings is 1. The van der Waals surface area contributed by atoms with Gasteiger partial charge in [0.25, 0.3) is 0 Å². The van der Waals surface area contributed by atoms with E-state index in [1.807, 2.05) is 32.0 Å². The van der Waals surface area contributed by atoms with Crippen LogP contribution in [0.1, 0.15) is 78.2 Å². The summed E-state index contributed by atoms with van der Waals surface area (Å²) in [6.07, 6.45) is 5.98. The van der Waals surface area contributed by atoms with Crippen molar-refractivity contribution in [2.45, 2.75) is 91.3 Å². The first-order chi connectivity index (χ1) is 15.5. The van der Waals surface area contributed by atoms with Crippen molar-refractivity contribution in [1.29, 1.82) is 0 Å². The number of ketones is 1. The maximum Gasteiger partial charge on any atom is 0.215 e. The van der Waals surface area contributed by atoms with Gasteiger partial charge in [0.1, 0.15) is 5.78 Å². The average Bonchev–Trinajstić information content (AvgIpc) is 3.38. The summed E-state index contributed by atoms with van der Waals surface area (Å²) in [7, 11) is -2.04. The Bertz CT molecular complexity index is 996. The number of Topliss-reactive ketones (excluding diaryl/α,β-unsaturated/α-hetero) is 1. The predicted octanol–water partition coefficient (Wildman–Crippen LogP) is 4.95. The molecule has 3 aliphatic carbocycles. The molecule has 1 aromatic carbocycles. The molecule has 184 valence electrons. The van der Waals surface area contributed by atoms with Gasteiger partial charge in [0.2, 0.25) is 10.0 Å². The van der Waals surface area contributed by atoms with Crippen LogP contribution < -0.4 is 9.47 Å². The van der Waals surface area contributed by atoms with Crippen LogP contribution in [0.3, 0.4) is 0 Å². The molecule has 2 bridgehead atoms. The van der Waals surface area contributed by atoms with Crippen molar-refractivity contribution in [1.82, 2.24) is 4.31 Å². The van der Waals surface area contributed by atoms with Gasteiger partial charge in [-0.2, -0.15) is 4.31 Å². The Kier molecular flexibility index (Phi) is 6.60. The molecular formula is C26H39NO5S. The number of sulfonamides is 1. The number of ether oxygens (including phenoxy) is 2. The zero-order valence-electron chi connectivity index (χ0n) is 20.7. The average molecular weight is 478 g/mol. The van der Waals surface area contributed by atoms with Gasteiger partial charge in [0.15, 0.2) is 11.5 Å². The lowest BCUT2D eigenvalue weighted by atomic mass is 9.70. The van der Waals surface area contributed by atoms with E-state index in [0.29, 0.717) is 36.8 Å². The Morgan fingerprint density at radius 1 is 1.12 bits per heavy atom. The van der Waals surface area contributed by atoms with Crippen LogP contribution in [0, 0.1) is 16.7 Å². The minimum Gasteiger partial charge on any atom is -0.493 e. The Balaban J connectivity index is 1.65. The van der Waals surface area contributed by atoms with Gasteiger partial charge in [0.05, 0.1) is 19.0 Å². The minimum atomic E-state index is -3.65. The highest BCUT2D eigenvalue weighted by Crippen LogP contribution is 2.64. The second-order valence-corrected chi connectivity index (χ2v) is 13.0. The second kappa shape index (κ2) is 8.88. The summed E-state index contributed by atoms with van der Waals surface area (Å²) >= 11 is 0. The van der Waals surface area contributed by atoms with E-state index in [2.05, 4.69) is 13.8 Å². The number of hydrogen-bond donors (Lipinski definition) is 0. The second-order valence-electron chi connectivity index (χ2n) is 11.1. The lowest BCUT2D eigenvalue weighted by molar-refractivity contribution is -0.128. The standard InChI is InChI=1S/C26H39NO5S/c1-18(2)32-23-14-19(10-11-22(23)31-5)16-27(21-8-6-7-9-21)33(29,30)17-26-13-12-20(15-24(26)28)25(26,3)4/h10-11,14,18,20-21H,6-9,12-13,15-17H2,1-5H3/t20-,26-/m1/s1. The molecular weight excluding hydrogens is 438 g/mol. The number of rotatable bonds is 9. The van der Waals surface area contributed by atoms with Crippen LogP contribution in [0.25, 0.3) is 0 Å². The molecule has 3 fully saturated rings. The van der Waals surface area contributed by atoms with Crippen molar-refractivity contribution in [2.24, 2.45) is 16.7 Å². The van der Waals surface area contributed by atoms with Crippen molar-refractivity contribution in [3.05, 3.63) is 23.8 Å². The molecule has 3 aliphatic rings. The number of fused-ring (bicyclic) bond motifs is 2. The van der Waals surface area contributed by atoms with Gasteiger partial charge < -0.3 is 9.47 Å². The molecule has 0 aromatic heterocycles. The van der Waals surface area contributed by atoms with Crippen LogP contribution in [0.15, 0.2) is 18.2 Å². The van der Waals surface area contributed by atoms with Crippen LogP contribution in [0.4, 0.5) is 0 Å². The normalized spacial score (nSPS) is 27.1. The van der Waals surface area contributed by atoms with Gasteiger partial charge in [-0.25, -0.2) is 8.42 Å². The summed E-state index contributed by atoms with van der Waals surface area (Å²) < 4.78 is 41.0. The molecule has 0 heterocycles. The first kappa shape index (κ1) is 24.5. The Morgan fingerprint density at radius 3 is 2.36 bits per heavy atom. The van der Waals surface area contributed by atoms with Crippen molar-refractivity contribution >= 4 is 15.8 Å². The molecule has 2 atom stereocenters. The van der Waals surface area contributed by atoms with E-state index in [9.17, 15) is 13.2 Å². The molecule has 4 rings (SSSR count). The van der Waals surface area contributed by atoms with Gasteiger partial charge in [-0.05, 0) is 68.6 Å². The summed E-state index contributed by atoms with van der Waals surface area (Å²) in [5.41, 5.74) is -0.142. The topological polar surface area (TPSA) is 72.9 Å². The fourth-order valence-electron chi connectivity index (χ4n) is 6.49. The molecule has 6 nitrogen and oxygen atoms in total. The first-order valence-corrected chi connectivity index (χ1v) is 14.0. The van der Waals surface area contributed by atoms with E-state index >= 15 is 0 Å². The van der Waals surface area contributed by atoms with E-state index in [-0.39, 0.29) is 29.1 Å². The minimum absolute atomic E-state index is 0.0141. The lowest BCUT2D eigenvalue weighted by Crippen LogP contribution is -2.48. The molecule has 33 heavy (non-hydrogen) atoms. The van der Waals surface area contributed by atoms with E-state index in [4.69, 9.17) is 9.47 Å². The van der Waals surface area contributed by atoms with Crippen molar-refractivity contribution < 1.29 is 22.7 Å². The van der Waals surface area contributed by atoms with Crippen LogP contribution in [-0.2, 0) is 21.4 Å². The summed E-state index contributed by atoms with van der Waals surface area (Å²) in [5.74, 6) is 1.65. The Hall–Kier alpha value is -1.60. The van der Waals surface area contributed by atoms with Crippen LogP contribution in [-0.4, -0.2) is 43.5 Å². The van der Waals surface area contributed by atoms with Crippen LogP contribution in [0.5, 0.6) is 11.5 Å². The van der Waals surface area contributed by atoms with Gasteiger partial charge in [0, 0.05) is 24.4 Å². The quantitative estimate of drug-likeness (QED) is 0.503. The van der Waals surface area contributed by atoms with Gasteiger partial charge >= 0.3 is 0 Å². The molecule has 0 N–H and O–H groups in total. The summed E-state index contributed by atoms with van der Waals surface area (Å²) in [6, 6.07) is 5.64. The number of hydrogen-bond acceptors (Lipinski definition) is 5. The van der Waals surface area contributed by atoms with Crippen molar-refractivity contribution in [3.63, 3.8) is 0 Å². The van der Waals surface area contributed by atoms with Crippen molar-refractivity contribution in [3.8, 4) is 11.5 Å². The van der Waals surface area contributed by atoms with Gasteiger partial charge in [-0.1, -0.05) is 32.8 Å². The third-order valence-corrected chi connectivity index (χ3v) is 10.6. The molecule has 7 heteroatoms. The highest BCUT2D eigenvalue weighted by Gasteiger charge is 2.65. The van der Waals surface area contributed by atoms with Crippen molar-refractivity contribution in [2.75, 3.05) is 12.9 Å². The van der Waals surface area contributed by atoms with Crippen LogP contribution in [0.2, 0.25) is 0 Å². The molecule has 0 amide bonds. The van der Waals surface area contributed by atoms with E-state index in [0.717, 1.165) is 37.7 Å². The molecule has 0 saturated heterocycles. The number of methoxy groups -OCH3 is 1. The zero-order chi connectivity index (χ0) is 24.0. The monoisotopic (exact) mass is 477 g/mol. The smallest absolute Gasteiger partial charge is 0.215 e. The predicted molar refractivity (Wildman–Crippen MR) is 129 cm³/mol. The number of carbonyl (C=O) groups excluding carboxylic acids is 1. The molecule has 1 aromatic rings. The Morgan fingerprint density at radius 2 is 1.82 bits per heavy atom. The van der Waals surface area contributed by atoms with E-state index < -0.39 is 15.4 Å². The maximum absolute atomic E-state index is 14.0. The summed E-state index contributed by atoms with van der Waals surface area (Å²) in [5, 5.41) is 0. The fourth-order valence-corrected chi connectivity index (χ4v) is 8.97. The molecule has 0 unspecified atom stereocenters. The third kappa shape index (κ3) is 4.31. The fraction of sp³-hybridized carbons (Fsp3) is 0.731. The molecule has 0 radical (unpaired) electrons. The molecule has 0 spiro atoms. The largest absolute Gasteiger partial charge is 0.493 e. The molecule has 3 saturated carbocycles. The van der Waals surface area contributed by atoms with Crippen LogP contribution >= 0.6 is 0 Å². The van der Waals surface area contributed by atoms with E-state index in [1.165, 1.54) is 0 Å². The SMILES string of the molecule is COc1ccc(CN(C2CCCC2)S(=O)(=O)C[C@]23CC[C@H](CC2=O)C3(C)C)cc1OC(C)C. The Labute approximate surface area is 199 Å². The third-order valence-electron chi connectivity index (χ3n) is 8.59. The molecule has 0 aliphatic heterocycles. The van der Waals surface area contributed by atoms with E-state index in [1.54, 1.807) is 11.4 Å². The maximum atomic E-state index is 14.0. The number of carbonyl (C=O) groups is 1. The summed E-state index contributed by atoms with van der Waals surface area (Å²) in [6.45, 7) is 8.40. The highest BCUT2D eigenvalue weighted by atomic mass is 32.2. The lowest BCUT2D eigenvalue weighted by Gasteiger charge is -2.39. The van der Waals surface area contributed by atoms with Gasteiger partial charge in [-0.15, -0.1) is 0 Å². The summed E-state index contributed by atoms with van der Waals surface area (Å²) in [4.78, 5) is 13.1. The first-order valence-electron chi connectivity index (χ1n) is 12.4.